The van der Waals surface area contributed by atoms with Gasteiger partial charge in [-0.25, -0.2) is 4.98 Å². The third-order valence-electron chi connectivity index (χ3n) is 4.86. The molecular formula is C25H21Cl2N3OS2. The summed E-state index contributed by atoms with van der Waals surface area (Å²) in [7, 11) is 0. The number of hydrogen-bond acceptors (Lipinski definition) is 5. The summed E-state index contributed by atoms with van der Waals surface area (Å²) in [5, 5.41) is 4.08. The lowest BCUT2D eigenvalue weighted by atomic mass is 10.0. The van der Waals surface area contributed by atoms with Crippen LogP contribution in [-0.2, 0) is 4.79 Å². The van der Waals surface area contributed by atoms with Crippen LogP contribution in [0.25, 0.3) is 10.2 Å². The van der Waals surface area contributed by atoms with E-state index in [0.717, 1.165) is 31.5 Å². The number of hydrogen-bond donors (Lipinski definition) is 1. The number of aromatic nitrogens is 1. The van der Waals surface area contributed by atoms with Crippen molar-refractivity contribution in [3.63, 3.8) is 0 Å². The molecule has 1 amide bonds. The van der Waals surface area contributed by atoms with E-state index in [-0.39, 0.29) is 5.91 Å². The van der Waals surface area contributed by atoms with Crippen LogP contribution in [-0.4, -0.2) is 22.9 Å². The van der Waals surface area contributed by atoms with Crippen LogP contribution in [0.1, 0.15) is 30.9 Å². The molecule has 3 aromatic carbocycles. The second kappa shape index (κ2) is 10.7. The summed E-state index contributed by atoms with van der Waals surface area (Å²) in [5.74, 6) is 0.707. The molecule has 4 rings (SSSR count). The summed E-state index contributed by atoms with van der Waals surface area (Å²) >= 11 is 15.1. The molecule has 0 saturated heterocycles. The van der Waals surface area contributed by atoms with E-state index in [9.17, 15) is 4.79 Å². The number of thioether (sulfide) groups is 1. The van der Waals surface area contributed by atoms with Crippen molar-refractivity contribution >= 4 is 80.0 Å². The predicted molar refractivity (Wildman–Crippen MR) is 143 cm³/mol. The average Bonchev–Trinajstić information content (AvgIpc) is 3.20. The summed E-state index contributed by atoms with van der Waals surface area (Å²) in [6.07, 6.45) is 1.72. The average molecular weight is 515 g/mol. The third-order valence-corrected chi connectivity index (χ3v) is 7.58. The van der Waals surface area contributed by atoms with Crippen LogP contribution in [0.15, 0.2) is 70.0 Å². The minimum absolute atomic E-state index is 0.0540. The number of amides is 1. The van der Waals surface area contributed by atoms with Gasteiger partial charge in [-0.05, 0) is 53.9 Å². The van der Waals surface area contributed by atoms with E-state index in [0.29, 0.717) is 21.7 Å². The SMILES string of the molecule is CC(C)c1ccc(NC(=O)CSc2nc3ccc(N=Cc4ccc(Cl)cc4Cl)cc3s2)cc1. The number of thiazole rings is 1. The van der Waals surface area contributed by atoms with Crippen molar-refractivity contribution < 1.29 is 4.79 Å². The summed E-state index contributed by atoms with van der Waals surface area (Å²) in [4.78, 5) is 21.5. The molecule has 0 aliphatic rings. The molecule has 168 valence electrons. The summed E-state index contributed by atoms with van der Waals surface area (Å²) in [5.41, 5.74) is 4.54. The Balaban J connectivity index is 1.38. The van der Waals surface area contributed by atoms with Gasteiger partial charge in [0.05, 0.1) is 26.7 Å². The van der Waals surface area contributed by atoms with Gasteiger partial charge in [-0.1, -0.05) is 67.0 Å². The molecule has 0 saturated carbocycles. The second-order valence-corrected chi connectivity index (χ2v) is 10.8. The van der Waals surface area contributed by atoms with Gasteiger partial charge >= 0.3 is 0 Å². The quantitative estimate of drug-likeness (QED) is 0.200. The maximum absolute atomic E-state index is 12.3. The first-order chi connectivity index (χ1) is 15.9. The molecule has 0 aliphatic heterocycles. The van der Waals surface area contributed by atoms with Crippen molar-refractivity contribution in [3.8, 4) is 0 Å². The van der Waals surface area contributed by atoms with Crippen LogP contribution in [0.4, 0.5) is 11.4 Å². The maximum atomic E-state index is 12.3. The van der Waals surface area contributed by atoms with E-state index in [1.165, 1.54) is 17.3 Å². The van der Waals surface area contributed by atoms with Gasteiger partial charge in [0.1, 0.15) is 0 Å². The minimum atomic E-state index is -0.0540. The number of aliphatic imine (C=N–C) groups is 1. The van der Waals surface area contributed by atoms with Gasteiger partial charge < -0.3 is 5.32 Å². The van der Waals surface area contributed by atoms with Crippen LogP contribution < -0.4 is 5.32 Å². The van der Waals surface area contributed by atoms with Crippen LogP contribution in [0, 0.1) is 0 Å². The first kappa shape index (κ1) is 23.8. The molecule has 0 unspecified atom stereocenters. The highest BCUT2D eigenvalue weighted by Gasteiger charge is 2.09. The van der Waals surface area contributed by atoms with Gasteiger partial charge in [0.25, 0.3) is 0 Å². The molecule has 1 heterocycles. The molecule has 0 bridgehead atoms. The number of carbonyl (C=O) groups is 1. The number of nitrogens with zero attached hydrogens (tertiary/aromatic N) is 2. The van der Waals surface area contributed by atoms with Crippen molar-refractivity contribution in [2.45, 2.75) is 24.1 Å². The zero-order chi connectivity index (χ0) is 23.4. The molecule has 4 nitrogen and oxygen atoms in total. The van der Waals surface area contributed by atoms with E-state index in [1.807, 2.05) is 48.5 Å². The lowest BCUT2D eigenvalue weighted by molar-refractivity contribution is -0.113. The van der Waals surface area contributed by atoms with E-state index in [4.69, 9.17) is 23.2 Å². The highest BCUT2D eigenvalue weighted by molar-refractivity contribution is 8.01. The minimum Gasteiger partial charge on any atom is -0.325 e. The van der Waals surface area contributed by atoms with Crippen molar-refractivity contribution in [2.24, 2.45) is 4.99 Å². The fourth-order valence-electron chi connectivity index (χ4n) is 3.06. The zero-order valence-electron chi connectivity index (χ0n) is 18.0. The highest BCUT2D eigenvalue weighted by atomic mass is 35.5. The molecule has 0 radical (unpaired) electrons. The number of anilines is 1. The van der Waals surface area contributed by atoms with E-state index in [1.54, 1.807) is 29.7 Å². The molecule has 8 heteroatoms. The standard InChI is InChI=1S/C25H21Cl2N3OS2/c1-15(2)16-4-7-19(8-5-16)29-24(31)14-32-25-30-22-10-9-20(12-23(22)33-25)28-13-17-3-6-18(26)11-21(17)27/h3-13,15H,14H2,1-2H3,(H,29,31). The highest BCUT2D eigenvalue weighted by Crippen LogP contribution is 2.32. The fourth-order valence-corrected chi connectivity index (χ4v) is 5.42. The summed E-state index contributed by atoms with van der Waals surface area (Å²) < 4.78 is 1.86. The Hall–Kier alpha value is -2.38. The molecule has 0 aliphatic carbocycles. The predicted octanol–water partition coefficient (Wildman–Crippen LogP) is 8.21. The molecule has 0 atom stereocenters. The summed E-state index contributed by atoms with van der Waals surface area (Å²) in [6.45, 7) is 4.29. The molecule has 4 aromatic rings. The molecule has 1 aromatic heterocycles. The van der Waals surface area contributed by atoms with Crippen LogP contribution in [0.5, 0.6) is 0 Å². The number of fused-ring (bicyclic) bond motifs is 1. The first-order valence-corrected chi connectivity index (χ1v) is 12.9. The Morgan fingerprint density at radius 3 is 2.64 bits per heavy atom. The number of nitrogens with one attached hydrogen (secondary N) is 1. The van der Waals surface area contributed by atoms with Crippen molar-refractivity contribution in [1.82, 2.24) is 4.98 Å². The third kappa shape index (κ3) is 6.36. The molecule has 0 fully saturated rings. The number of halogens is 2. The van der Waals surface area contributed by atoms with E-state index < -0.39 is 0 Å². The molecule has 1 N–H and O–H groups in total. The Labute approximate surface area is 211 Å². The summed E-state index contributed by atoms with van der Waals surface area (Å²) in [6, 6.07) is 19.1. The smallest absolute Gasteiger partial charge is 0.234 e. The monoisotopic (exact) mass is 513 g/mol. The van der Waals surface area contributed by atoms with Crippen molar-refractivity contribution in [2.75, 3.05) is 11.1 Å². The first-order valence-electron chi connectivity index (χ1n) is 10.3. The van der Waals surface area contributed by atoms with E-state index in [2.05, 4.69) is 29.1 Å². The second-order valence-electron chi connectivity index (χ2n) is 7.67. The van der Waals surface area contributed by atoms with Gasteiger partial charge in [0, 0.05) is 22.5 Å². The van der Waals surface area contributed by atoms with E-state index >= 15 is 0 Å². The normalized spacial score (nSPS) is 11.5. The van der Waals surface area contributed by atoms with Crippen molar-refractivity contribution in [1.29, 1.82) is 0 Å². The van der Waals surface area contributed by atoms with Gasteiger partial charge in [0.15, 0.2) is 4.34 Å². The Morgan fingerprint density at radius 2 is 1.91 bits per heavy atom. The molecule has 0 spiro atoms. The number of rotatable bonds is 7. The van der Waals surface area contributed by atoms with Gasteiger partial charge in [-0.3, -0.25) is 9.79 Å². The largest absolute Gasteiger partial charge is 0.325 e. The van der Waals surface area contributed by atoms with Gasteiger partial charge in [-0.2, -0.15) is 0 Å². The van der Waals surface area contributed by atoms with Crippen LogP contribution >= 0.6 is 46.3 Å². The molecule has 33 heavy (non-hydrogen) atoms. The van der Waals surface area contributed by atoms with Gasteiger partial charge in [-0.15, -0.1) is 11.3 Å². The zero-order valence-corrected chi connectivity index (χ0v) is 21.2. The Kier molecular flexibility index (Phi) is 7.71. The number of carbonyl (C=O) groups excluding carboxylic acids is 1. The molecular weight excluding hydrogens is 493 g/mol. The topological polar surface area (TPSA) is 54.4 Å². The number of benzene rings is 3. The van der Waals surface area contributed by atoms with Crippen LogP contribution in [0.3, 0.4) is 0 Å². The lowest BCUT2D eigenvalue weighted by Gasteiger charge is -2.08. The lowest BCUT2D eigenvalue weighted by Crippen LogP contribution is -2.13. The Morgan fingerprint density at radius 1 is 1.12 bits per heavy atom. The maximum Gasteiger partial charge on any atom is 0.234 e. The van der Waals surface area contributed by atoms with Gasteiger partial charge in [0.2, 0.25) is 5.91 Å². The Bertz CT molecular complexity index is 1320. The van der Waals surface area contributed by atoms with Crippen LogP contribution in [0.2, 0.25) is 10.0 Å². The fraction of sp³-hybridized carbons (Fsp3) is 0.160. The van der Waals surface area contributed by atoms with Crippen molar-refractivity contribution in [3.05, 3.63) is 81.8 Å².